The number of hydrogen-bond donors (Lipinski definition) is 1. The highest BCUT2D eigenvalue weighted by atomic mass is 16.5. The third-order valence-electron chi connectivity index (χ3n) is 0.926. The Kier molecular flexibility index (Phi) is 4.94. The second-order valence-electron chi connectivity index (χ2n) is 2.33. The van der Waals surface area contributed by atoms with E-state index in [1.807, 2.05) is 20.8 Å². The summed E-state index contributed by atoms with van der Waals surface area (Å²) in [5.41, 5.74) is 5.46. The first-order valence-corrected chi connectivity index (χ1v) is 3.57. The Balaban J connectivity index is 3.39. The molecule has 2 N–H and O–H groups in total. The number of ether oxygens (including phenoxy) is 1. The van der Waals surface area contributed by atoms with Crippen molar-refractivity contribution in [1.82, 2.24) is 0 Å². The molecule has 0 amide bonds. The van der Waals surface area contributed by atoms with Gasteiger partial charge in [-0.1, -0.05) is 0 Å². The van der Waals surface area contributed by atoms with E-state index < -0.39 is 0 Å². The van der Waals surface area contributed by atoms with Crippen LogP contribution in [-0.4, -0.2) is 25.1 Å². The highest BCUT2D eigenvalue weighted by Crippen LogP contribution is 1.86. The van der Waals surface area contributed by atoms with Gasteiger partial charge in [0.15, 0.2) is 0 Å². The van der Waals surface area contributed by atoms with Crippen molar-refractivity contribution in [2.45, 2.75) is 26.9 Å². The van der Waals surface area contributed by atoms with Crippen molar-refractivity contribution < 1.29 is 4.74 Å². The van der Waals surface area contributed by atoms with Crippen LogP contribution in [0.25, 0.3) is 0 Å². The van der Waals surface area contributed by atoms with E-state index in [1.54, 1.807) is 0 Å². The zero-order chi connectivity index (χ0) is 7.98. The van der Waals surface area contributed by atoms with Crippen LogP contribution in [0.3, 0.4) is 0 Å². The van der Waals surface area contributed by atoms with Gasteiger partial charge in [0.05, 0.1) is 6.10 Å². The van der Waals surface area contributed by atoms with Gasteiger partial charge < -0.3 is 10.5 Å². The molecule has 0 unspecified atom stereocenters. The molecule has 0 aromatic carbocycles. The van der Waals surface area contributed by atoms with Gasteiger partial charge in [0.2, 0.25) is 0 Å². The van der Waals surface area contributed by atoms with Crippen LogP contribution in [-0.2, 0) is 4.74 Å². The van der Waals surface area contributed by atoms with Crippen molar-refractivity contribution in [2.24, 2.45) is 10.7 Å². The number of hydrogen-bond acceptors (Lipinski definition) is 2. The summed E-state index contributed by atoms with van der Waals surface area (Å²) in [5, 5.41) is 0. The number of nitrogens with zero attached hydrogens (tertiary/aromatic N) is 1. The Morgan fingerprint density at radius 3 is 2.60 bits per heavy atom. The van der Waals surface area contributed by atoms with E-state index in [1.165, 1.54) is 0 Å². The lowest BCUT2D eigenvalue weighted by atomic mass is 10.5. The molecule has 10 heavy (non-hydrogen) atoms. The van der Waals surface area contributed by atoms with E-state index in [9.17, 15) is 0 Å². The quantitative estimate of drug-likeness (QED) is 0.468. The van der Waals surface area contributed by atoms with Crippen molar-refractivity contribution in [3.8, 4) is 0 Å². The first-order chi connectivity index (χ1) is 4.66. The fourth-order valence-corrected chi connectivity index (χ4v) is 0.501. The minimum atomic E-state index is 0.227. The standard InChI is InChI=1S/C7H16N2O/c1-4-9-7(8)5-10-6(2)3/h6H,4-5H2,1-3H3,(H2,8,9). The van der Waals surface area contributed by atoms with E-state index in [0.29, 0.717) is 12.4 Å². The highest BCUT2D eigenvalue weighted by molar-refractivity contribution is 5.81. The van der Waals surface area contributed by atoms with Crippen molar-refractivity contribution in [1.29, 1.82) is 0 Å². The summed E-state index contributed by atoms with van der Waals surface area (Å²) in [7, 11) is 0. The maximum Gasteiger partial charge on any atom is 0.120 e. The van der Waals surface area contributed by atoms with Gasteiger partial charge in [0.1, 0.15) is 12.4 Å². The lowest BCUT2D eigenvalue weighted by molar-refractivity contribution is 0.110. The molecule has 0 atom stereocenters. The fourth-order valence-electron chi connectivity index (χ4n) is 0.501. The first kappa shape index (κ1) is 9.43. The number of aliphatic imine (C=N–C) groups is 1. The van der Waals surface area contributed by atoms with Gasteiger partial charge in [-0.2, -0.15) is 0 Å². The molecule has 0 heterocycles. The summed E-state index contributed by atoms with van der Waals surface area (Å²) < 4.78 is 5.20. The normalized spacial score (nSPS) is 12.6. The van der Waals surface area contributed by atoms with Gasteiger partial charge in [-0.05, 0) is 20.8 Å². The molecule has 0 aliphatic rings. The minimum absolute atomic E-state index is 0.227. The number of rotatable bonds is 4. The smallest absolute Gasteiger partial charge is 0.120 e. The molecule has 0 radical (unpaired) electrons. The maximum absolute atomic E-state index is 5.46. The Morgan fingerprint density at radius 1 is 1.60 bits per heavy atom. The highest BCUT2D eigenvalue weighted by Gasteiger charge is 1.94. The second kappa shape index (κ2) is 5.23. The molecule has 0 aliphatic carbocycles. The summed E-state index contributed by atoms with van der Waals surface area (Å²) in [6.07, 6.45) is 0.227. The molecule has 0 aromatic heterocycles. The minimum Gasteiger partial charge on any atom is -0.386 e. The van der Waals surface area contributed by atoms with Crippen molar-refractivity contribution in [3.63, 3.8) is 0 Å². The topological polar surface area (TPSA) is 47.6 Å². The maximum atomic E-state index is 5.46. The van der Waals surface area contributed by atoms with E-state index in [2.05, 4.69) is 4.99 Å². The summed E-state index contributed by atoms with van der Waals surface area (Å²) in [4.78, 5) is 3.97. The van der Waals surface area contributed by atoms with Crippen LogP contribution in [0.5, 0.6) is 0 Å². The van der Waals surface area contributed by atoms with E-state index >= 15 is 0 Å². The van der Waals surface area contributed by atoms with Gasteiger partial charge in [0.25, 0.3) is 0 Å². The van der Waals surface area contributed by atoms with Gasteiger partial charge in [0, 0.05) is 6.54 Å². The molecule has 60 valence electrons. The summed E-state index contributed by atoms with van der Waals surface area (Å²) in [5.74, 6) is 0.580. The summed E-state index contributed by atoms with van der Waals surface area (Å²) >= 11 is 0. The van der Waals surface area contributed by atoms with Crippen LogP contribution in [0, 0.1) is 0 Å². The molecule has 0 aromatic rings. The largest absolute Gasteiger partial charge is 0.386 e. The van der Waals surface area contributed by atoms with Gasteiger partial charge in [-0.25, -0.2) is 0 Å². The molecule has 3 heteroatoms. The molecule has 0 bridgehead atoms. The fraction of sp³-hybridized carbons (Fsp3) is 0.857. The third kappa shape index (κ3) is 5.56. The Morgan fingerprint density at radius 2 is 2.20 bits per heavy atom. The Bertz CT molecular complexity index is 110. The van der Waals surface area contributed by atoms with Crippen LogP contribution in [0.2, 0.25) is 0 Å². The second-order valence-corrected chi connectivity index (χ2v) is 2.33. The lowest BCUT2D eigenvalue weighted by Crippen LogP contribution is -2.21. The zero-order valence-corrected chi connectivity index (χ0v) is 6.92. The molecule has 0 fully saturated rings. The molecular weight excluding hydrogens is 128 g/mol. The molecular formula is C7H16N2O. The predicted molar refractivity (Wildman–Crippen MR) is 43.3 cm³/mol. The monoisotopic (exact) mass is 144 g/mol. The van der Waals surface area contributed by atoms with E-state index in [-0.39, 0.29) is 6.10 Å². The predicted octanol–water partition coefficient (Wildman–Crippen LogP) is 0.788. The lowest BCUT2D eigenvalue weighted by Gasteiger charge is -2.05. The Labute approximate surface area is 62.3 Å². The summed E-state index contributed by atoms with van der Waals surface area (Å²) in [6.45, 7) is 7.07. The van der Waals surface area contributed by atoms with Crippen LogP contribution in [0.1, 0.15) is 20.8 Å². The van der Waals surface area contributed by atoms with Gasteiger partial charge >= 0.3 is 0 Å². The molecule has 0 rings (SSSR count). The van der Waals surface area contributed by atoms with Crippen LogP contribution >= 0.6 is 0 Å². The molecule has 0 saturated carbocycles. The molecule has 0 saturated heterocycles. The van der Waals surface area contributed by atoms with Crippen LogP contribution in [0.4, 0.5) is 0 Å². The zero-order valence-electron chi connectivity index (χ0n) is 6.92. The van der Waals surface area contributed by atoms with Crippen molar-refractivity contribution >= 4 is 5.84 Å². The Hall–Kier alpha value is -0.570. The molecule has 0 spiro atoms. The van der Waals surface area contributed by atoms with Crippen molar-refractivity contribution in [2.75, 3.05) is 13.2 Å². The van der Waals surface area contributed by atoms with E-state index in [0.717, 1.165) is 6.54 Å². The third-order valence-corrected chi connectivity index (χ3v) is 0.926. The summed E-state index contributed by atoms with van der Waals surface area (Å²) in [6, 6.07) is 0. The molecule has 0 aliphatic heterocycles. The average molecular weight is 144 g/mol. The van der Waals surface area contributed by atoms with Gasteiger partial charge in [-0.3, -0.25) is 4.99 Å². The molecule has 3 nitrogen and oxygen atoms in total. The number of nitrogens with two attached hydrogens (primary N) is 1. The van der Waals surface area contributed by atoms with Crippen molar-refractivity contribution in [3.05, 3.63) is 0 Å². The SMILES string of the molecule is CCN=C(N)COC(C)C. The van der Waals surface area contributed by atoms with Gasteiger partial charge in [-0.15, -0.1) is 0 Å². The number of amidine groups is 1. The van der Waals surface area contributed by atoms with Crippen LogP contribution < -0.4 is 5.73 Å². The van der Waals surface area contributed by atoms with E-state index in [4.69, 9.17) is 10.5 Å². The van der Waals surface area contributed by atoms with Crippen LogP contribution in [0.15, 0.2) is 4.99 Å². The average Bonchev–Trinajstić information content (AvgIpc) is 1.85. The first-order valence-electron chi connectivity index (χ1n) is 3.57.